The van der Waals surface area contributed by atoms with Gasteiger partial charge in [-0.15, -0.1) is 0 Å². The minimum absolute atomic E-state index is 0.327. The third-order valence-electron chi connectivity index (χ3n) is 1.74. The summed E-state index contributed by atoms with van der Waals surface area (Å²) in [4.78, 5) is 0. The van der Waals surface area contributed by atoms with Crippen molar-refractivity contribution in [2.24, 2.45) is 0 Å². The molecule has 0 amide bonds. The van der Waals surface area contributed by atoms with Gasteiger partial charge in [0.15, 0.2) is 0 Å². The molecule has 72 valence electrons. The summed E-state index contributed by atoms with van der Waals surface area (Å²) in [5.74, 6) is 1.16. The monoisotopic (exact) mass is 200 g/mol. The van der Waals surface area contributed by atoms with Crippen LogP contribution >= 0.6 is 11.8 Å². The van der Waals surface area contributed by atoms with Gasteiger partial charge in [0.25, 0.3) is 0 Å². The van der Waals surface area contributed by atoms with Crippen LogP contribution < -0.4 is 0 Å². The first-order valence-corrected chi connectivity index (χ1v) is 5.41. The Balaban J connectivity index is 2.65. The van der Waals surface area contributed by atoms with E-state index in [-0.39, 0.29) is 5.82 Å². The summed E-state index contributed by atoms with van der Waals surface area (Å²) >= 11 is 1.60. The van der Waals surface area contributed by atoms with E-state index in [9.17, 15) is 9.50 Å². The first-order valence-electron chi connectivity index (χ1n) is 4.26. The molecule has 0 heterocycles. The van der Waals surface area contributed by atoms with Crippen LogP contribution in [0.5, 0.6) is 0 Å². The van der Waals surface area contributed by atoms with Crippen LogP contribution in [0.25, 0.3) is 0 Å². The minimum atomic E-state index is -0.689. The molecule has 13 heavy (non-hydrogen) atoms. The summed E-state index contributed by atoms with van der Waals surface area (Å²) in [7, 11) is 0. The highest BCUT2D eigenvalue weighted by atomic mass is 32.2. The van der Waals surface area contributed by atoms with Crippen LogP contribution in [0.15, 0.2) is 24.3 Å². The Kier molecular flexibility index (Phi) is 4.25. The SMILES string of the molecule is CCSCC(O)c1ccccc1F. The number of hydrogen-bond acceptors (Lipinski definition) is 2. The predicted octanol–water partition coefficient (Wildman–Crippen LogP) is 2.61. The smallest absolute Gasteiger partial charge is 0.129 e. The van der Waals surface area contributed by atoms with Crippen molar-refractivity contribution in [2.75, 3.05) is 11.5 Å². The third kappa shape index (κ3) is 3.01. The zero-order chi connectivity index (χ0) is 9.68. The number of rotatable bonds is 4. The molecular weight excluding hydrogens is 187 g/mol. The number of thioether (sulfide) groups is 1. The molecule has 1 N–H and O–H groups in total. The first-order chi connectivity index (χ1) is 6.25. The van der Waals surface area contributed by atoms with Crippen molar-refractivity contribution in [1.29, 1.82) is 0 Å². The molecule has 0 fully saturated rings. The van der Waals surface area contributed by atoms with Crippen LogP contribution in [0.1, 0.15) is 18.6 Å². The minimum Gasteiger partial charge on any atom is -0.387 e. The lowest BCUT2D eigenvalue weighted by Crippen LogP contribution is -2.03. The second-order valence-corrected chi connectivity index (χ2v) is 4.02. The maximum absolute atomic E-state index is 13.1. The molecule has 1 nitrogen and oxygen atoms in total. The van der Waals surface area contributed by atoms with Crippen molar-refractivity contribution in [3.05, 3.63) is 35.6 Å². The molecule has 0 radical (unpaired) electrons. The highest BCUT2D eigenvalue weighted by molar-refractivity contribution is 7.99. The molecule has 3 heteroatoms. The summed E-state index contributed by atoms with van der Waals surface area (Å²) in [5.41, 5.74) is 0.392. The predicted molar refractivity (Wildman–Crippen MR) is 54.4 cm³/mol. The molecule has 1 atom stereocenters. The number of hydrogen-bond donors (Lipinski definition) is 1. The van der Waals surface area contributed by atoms with Gasteiger partial charge in [0.05, 0.1) is 6.10 Å². The van der Waals surface area contributed by atoms with E-state index < -0.39 is 6.10 Å². The lowest BCUT2D eigenvalue weighted by Gasteiger charge is -2.10. The standard InChI is InChI=1S/C10H13FOS/c1-2-13-7-10(12)8-5-3-4-6-9(8)11/h3-6,10,12H,2,7H2,1H3. The number of aliphatic hydroxyl groups is 1. The molecule has 0 saturated carbocycles. The lowest BCUT2D eigenvalue weighted by molar-refractivity contribution is 0.199. The molecule has 0 aromatic heterocycles. The van der Waals surface area contributed by atoms with Gasteiger partial charge in [-0.05, 0) is 11.8 Å². The Bertz CT molecular complexity index is 265. The maximum atomic E-state index is 13.1. The molecule has 1 aromatic carbocycles. The van der Waals surface area contributed by atoms with E-state index in [4.69, 9.17) is 0 Å². The fourth-order valence-corrected chi connectivity index (χ4v) is 1.70. The Hall–Kier alpha value is -0.540. The number of benzene rings is 1. The fraction of sp³-hybridized carbons (Fsp3) is 0.400. The van der Waals surface area contributed by atoms with Crippen LogP contribution in [0.3, 0.4) is 0 Å². The second kappa shape index (κ2) is 5.25. The van der Waals surface area contributed by atoms with Crippen LogP contribution in [0, 0.1) is 5.82 Å². The summed E-state index contributed by atoms with van der Waals surface area (Å²) in [6.45, 7) is 2.01. The third-order valence-corrected chi connectivity index (χ3v) is 2.70. The highest BCUT2D eigenvalue weighted by Gasteiger charge is 2.10. The van der Waals surface area contributed by atoms with E-state index in [0.717, 1.165) is 5.75 Å². The first kappa shape index (κ1) is 10.5. The van der Waals surface area contributed by atoms with E-state index in [1.165, 1.54) is 6.07 Å². The Labute approximate surface area is 82.0 Å². The van der Waals surface area contributed by atoms with Gasteiger partial charge < -0.3 is 5.11 Å². The van der Waals surface area contributed by atoms with Gasteiger partial charge >= 0.3 is 0 Å². The lowest BCUT2D eigenvalue weighted by atomic mass is 10.1. The van der Waals surface area contributed by atoms with E-state index in [1.807, 2.05) is 6.92 Å². The molecule has 0 aliphatic rings. The summed E-state index contributed by atoms with van der Waals surface area (Å²) in [6.07, 6.45) is -0.689. The van der Waals surface area contributed by atoms with E-state index in [1.54, 1.807) is 30.0 Å². The zero-order valence-electron chi connectivity index (χ0n) is 7.53. The summed E-state index contributed by atoms with van der Waals surface area (Å²) in [6, 6.07) is 6.35. The summed E-state index contributed by atoms with van der Waals surface area (Å²) < 4.78 is 13.1. The van der Waals surface area contributed by atoms with Crippen molar-refractivity contribution in [2.45, 2.75) is 13.0 Å². The van der Waals surface area contributed by atoms with E-state index in [0.29, 0.717) is 11.3 Å². The van der Waals surface area contributed by atoms with Crippen LogP contribution in [0.2, 0.25) is 0 Å². The molecule has 1 unspecified atom stereocenters. The molecule has 0 saturated heterocycles. The second-order valence-electron chi connectivity index (χ2n) is 2.70. The van der Waals surface area contributed by atoms with Gasteiger partial charge in [0.1, 0.15) is 5.82 Å². The Morgan fingerprint density at radius 1 is 1.46 bits per heavy atom. The quantitative estimate of drug-likeness (QED) is 0.806. The topological polar surface area (TPSA) is 20.2 Å². The van der Waals surface area contributed by atoms with Crippen LogP contribution in [0.4, 0.5) is 4.39 Å². The number of aliphatic hydroxyl groups excluding tert-OH is 1. The van der Waals surface area contributed by atoms with Crippen molar-refractivity contribution < 1.29 is 9.50 Å². The highest BCUT2D eigenvalue weighted by Crippen LogP contribution is 2.20. The van der Waals surface area contributed by atoms with Crippen molar-refractivity contribution >= 4 is 11.8 Å². The van der Waals surface area contributed by atoms with Crippen molar-refractivity contribution in [1.82, 2.24) is 0 Å². The Morgan fingerprint density at radius 2 is 2.15 bits per heavy atom. The maximum Gasteiger partial charge on any atom is 0.129 e. The Morgan fingerprint density at radius 3 is 2.77 bits per heavy atom. The van der Waals surface area contributed by atoms with Crippen molar-refractivity contribution in [3.63, 3.8) is 0 Å². The van der Waals surface area contributed by atoms with E-state index in [2.05, 4.69) is 0 Å². The van der Waals surface area contributed by atoms with Gasteiger partial charge in [-0.2, -0.15) is 11.8 Å². The van der Waals surface area contributed by atoms with Crippen LogP contribution in [-0.2, 0) is 0 Å². The molecule has 0 aliphatic heterocycles. The molecule has 1 rings (SSSR count). The van der Waals surface area contributed by atoms with Crippen molar-refractivity contribution in [3.8, 4) is 0 Å². The van der Waals surface area contributed by atoms with Gasteiger partial charge in [0, 0.05) is 11.3 Å². The average molecular weight is 200 g/mol. The summed E-state index contributed by atoms with van der Waals surface area (Å²) in [5, 5.41) is 9.57. The van der Waals surface area contributed by atoms with Gasteiger partial charge in [-0.25, -0.2) is 4.39 Å². The normalized spacial score (nSPS) is 12.8. The zero-order valence-corrected chi connectivity index (χ0v) is 8.35. The van der Waals surface area contributed by atoms with Crippen LogP contribution in [-0.4, -0.2) is 16.6 Å². The molecule has 0 aliphatic carbocycles. The molecule has 0 bridgehead atoms. The largest absolute Gasteiger partial charge is 0.387 e. The number of halogens is 1. The fourth-order valence-electron chi connectivity index (χ4n) is 1.06. The van der Waals surface area contributed by atoms with E-state index >= 15 is 0 Å². The molecule has 0 spiro atoms. The van der Waals surface area contributed by atoms with Gasteiger partial charge in [0.2, 0.25) is 0 Å². The molecular formula is C10H13FOS. The van der Waals surface area contributed by atoms with Gasteiger partial charge in [-0.1, -0.05) is 25.1 Å². The molecule has 1 aromatic rings. The van der Waals surface area contributed by atoms with Gasteiger partial charge in [-0.3, -0.25) is 0 Å². The average Bonchev–Trinajstić information content (AvgIpc) is 2.15.